The largest absolute Gasteiger partial charge is 0.493 e. The van der Waals surface area contributed by atoms with Crippen molar-refractivity contribution >= 4 is 22.5 Å². The van der Waals surface area contributed by atoms with Gasteiger partial charge in [-0.15, -0.1) is 0 Å². The van der Waals surface area contributed by atoms with Gasteiger partial charge in [-0.25, -0.2) is 0 Å². The maximum Gasteiger partial charge on any atom is 0.225 e. The summed E-state index contributed by atoms with van der Waals surface area (Å²) in [6, 6.07) is 20.5. The average Bonchev–Trinajstić information content (AvgIpc) is 3.14. The Morgan fingerprint density at radius 1 is 1.06 bits per heavy atom. The van der Waals surface area contributed by atoms with Gasteiger partial charge in [0.25, 0.3) is 0 Å². The number of benzene rings is 3. The third-order valence-electron chi connectivity index (χ3n) is 6.42. The van der Waals surface area contributed by atoms with Crippen LogP contribution in [0.4, 0.5) is 5.69 Å². The van der Waals surface area contributed by atoms with Crippen LogP contribution < -0.4 is 19.5 Å². The van der Waals surface area contributed by atoms with Crippen molar-refractivity contribution in [1.82, 2.24) is 4.57 Å². The molecule has 2 aliphatic rings. The van der Waals surface area contributed by atoms with Gasteiger partial charge >= 0.3 is 0 Å². The molecule has 0 spiro atoms. The average molecular weight is 440 g/mol. The number of carbonyl (C=O) groups is 1. The standard InChI is InChI=1S/C27H24N2O4/c1-31-23-12-18(13-24-27(23)33-11-10-32-24)19-14-25(30)28-21-8-5-9-22-26(21)20(19)16-29(22)15-17-6-3-2-4-7-17/h2-9,12-13,16,19H,10-11,14-15H2,1H3,(H,28,30). The molecule has 0 bridgehead atoms. The van der Waals surface area contributed by atoms with E-state index in [0.29, 0.717) is 36.9 Å². The SMILES string of the molecule is COc1cc(C2CC(=O)Nc3cccc4c3c2cn4Cc2ccccc2)cc2c1OCCO2. The van der Waals surface area contributed by atoms with Gasteiger partial charge < -0.3 is 24.1 Å². The summed E-state index contributed by atoms with van der Waals surface area (Å²) < 4.78 is 19.5. The zero-order valence-electron chi connectivity index (χ0n) is 18.3. The monoisotopic (exact) mass is 440 g/mol. The highest BCUT2D eigenvalue weighted by Gasteiger charge is 2.30. The second-order valence-electron chi connectivity index (χ2n) is 8.45. The molecule has 0 radical (unpaired) electrons. The summed E-state index contributed by atoms with van der Waals surface area (Å²) in [6.45, 7) is 1.74. The summed E-state index contributed by atoms with van der Waals surface area (Å²) in [5.74, 6) is 1.76. The van der Waals surface area contributed by atoms with Crippen LogP contribution in [0, 0.1) is 0 Å². The fourth-order valence-electron chi connectivity index (χ4n) is 4.95. The minimum atomic E-state index is -0.141. The molecule has 1 aromatic heterocycles. The molecule has 0 saturated heterocycles. The number of methoxy groups -OCH3 is 1. The van der Waals surface area contributed by atoms with E-state index in [9.17, 15) is 4.79 Å². The summed E-state index contributed by atoms with van der Waals surface area (Å²) in [7, 11) is 1.63. The first-order valence-corrected chi connectivity index (χ1v) is 11.1. The molecule has 1 atom stereocenters. The maximum absolute atomic E-state index is 12.9. The van der Waals surface area contributed by atoms with Gasteiger partial charge in [0.1, 0.15) is 13.2 Å². The smallest absolute Gasteiger partial charge is 0.225 e. The van der Waals surface area contributed by atoms with Crippen molar-refractivity contribution in [2.45, 2.75) is 18.9 Å². The molecule has 2 aliphatic heterocycles. The Morgan fingerprint density at radius 3 is 2.76 bits per heavy atom. The van der Waals surface area contributed by atoms with Gasteiger partial charge in [-0.05, 0) is 41.0 Å². The molecule has 1 unspecified atom stereocenters. The molecule has 166 valence electrons. The van der Waals surface area contributed by atoms with Crippen LogP contribution in [-0.4, -0.2) is 30.8 Å². The van der Waals surface area contributed by atoms with Gasteiger partial charge in [0.05, 0.1) is 18.3 Å². The van der Waals surface area contributed by atoms with Crippen LogP contribution in [-0.2, 0) is 11.3 Å². The summed E-state index contributed by atoms with van der Waals surface area (Å²) >= 11 is 0. The Balaban J connectivity index is 1.53. The second-order valence-corrected chi connectivity index (χ2v) is 8.45. The number of amides is 1. The van der Waals surface area contributed by atoms with Gasteiger partial charge in [0.15, 0.2) is 11.5 Å². The number of ether oxygens (including phenoxy) is 3. The zero-order valence-corrected chi connectivity index (χ0v) is 18.3. The van der Waals surface area contributed by atoms with Crippen molar-refractivity contribution in [3.8, 4) is 17.2 Å². The highest BCUT2D eigenvalue weighted by molar-refractivity contribution is 6.06. The topological polar surface area (TPSA) is 61.7 Å². The summed E-state index contributed by atoms with van der Waals surface area (Å²) in [5, 5.41) is 4.20. The Bertz CT molecular complexity index is 1340. The summed E-state index contributed by atoms with van der Waals surface area (Å²) in [5.41, 5.74) is 5.27. The molecule has 0 saturated carbocycles. The van der Waals surface area contributed by atoms with Crippen LogP contribution in [0.5, 0.6) is 17.2 Å². The lowest BCUT2D eigenvalue weighted by molar-refractivity contribution is -0.116. The van der Waals surface area contributed by atoms with E-state index in [2.05, 4.69) is 46.4 Å². The van der Waals surface area contributed by atoms with E-state index < -0.39 is 0 Å². The summed E-state index contributed by atoms with van der Waals surface area (Å²) in [4.78, 5) is 12.9. The number of rotatable bonds is 4. The van der Waals surface area contributed by atoms with Crippen LogP contribution in [0.3, 0.4) is 0 Å². The molecule has 6 nitrogen and oxygen atoms in total. The first-order valence-electron chi connectivity index (χ1n) is 11.1. The number of fused-ring (bicyclic) bond motifs is 1. The molecule has 3 heterocycles. The molecule has 0 aliphatic carbocycles. The molecule has 1 amide bonds. The number of hydrogen-bond acceptors (Lipinski definition) is 4. The Labute approximate surface area is 191 Å². The lowest BCUT2D eigenvalue weighted by Gasteiger charge is -2.23. The van der Waals surface area contributed by atoms with Crippen LogP contribution in [0.15, 0.2) is 66.9 Å². The number of anilines is 1. The minimum absolute atomic E-state index is 0.00725. The lowest BCUT2D eigenvalue weighted by Crippen LogP contribution is -2.17. The quantitative estimate of drug-likeness (QED) is 0.488. The molecule has 33 heavy (non-hydrogen) atoms. The van der Waals surface area contributed by atoms with Crippen LogP contribution in [0.2, 0.25) is 0 Å². The molecule has 1 N–H and O–H groups in total. The fourth-order valence-corrected chi connectivity index (χ4v) is 4.95. The molecular weight excluding hydrogens is 416 g/mol. The van der Waals surface area contributed by atoms with E-state index in [-0.39, 0.29) is 11.8 Å². The molecular formula is C27H24N2O4. The van der Waals surface area contributed by atoms with E-state index in [1.807, 2.05) is 30.3 Å². The van der Waals surface area contributed by atoms with Crippen molar-refractivity contribution < 1.29 is 19.0 Å². The zero-order chi connectivity index (χ0) is 22.4. The lowest BCUT2D eigenvalue weighted by atomic mass is 9.88. The molecule has 6 rings (SSSR count). The highest BCUT2D eigenvalue weighted by atomic mass is 16.6. The Morgan fingerprint density at radius 2 is 1.91 bits per heavy atom. The Kier molecular flexibility index (Phi) is 4.72. The van der Waals surface area contributed by atoms with Crippen molar-refractivity contribution in [2.24, 2.45) is 0 Å². The van der Waals surface area contributed by atoms with Crippen LogP contribution in [0.1, 0.15) is 29.0 Å². The number of nitrogens with one attached hydrogen (secondary N) is 1. The molecule has 3 aromatic carbocycles. The van der Waals surface area contributed by atoms with Crippen molar-refractivity contribution in [2.75, 3.05) is 25.6 Å². The maximum atomic E-state index is 12.9. The van der Waals surface area contributed by atoms with Crippen LogP contribution >= 0.6 is 0 Å². The first-order chi connectivity index (χ1) is 16.2. The van der Waals surface area contributed by atoms with E-state index in [1.165, 1.54) is 5.56 Å². The third-order valence-corrected chi connectivity index (χ3v) is 6.42. The van der Waals surface area contributed by atoms with Gasteiger partial charge in [0.2, 0.25) is 11.7 Å². The number of aromatic nitrogens is 1. The van der Waals surface area contributed by atoms with Crippen LogP contribution in [0.25, 0.3) is 10.9 Å². The van der Waals surface area contributed by atoms with Gasteiger partial charge in [-0.1, -0.05) is 36.4 Å². The van der Waals surface area contributed by atoms with Crippen molar-refractivity contribution in [3.05, 3.63) is 83.6 Å². The third kappa shape index (κ3) is 3.39. The first kappa shape index (κ1) is 19.7. The number of hydrogen-bond donors (Lipinski definition) is 1. The summed E-state index contributed by atoms with van der Waals surface area (Å²) in [6.07, 6.45) is 2.53. The normalized spacial score (nSPS) is 16.9. The molecule has 6 heteroatoms. The van der Waals surface area contributed by atoms with E-state index in [4.69, 9.17) is 14.2 Å². The van der Waals surface area contributed by atoms with Crippen molar-refractivity contribution in [1.29, 1.82) is 0 Å². The molecule has 0 fully saturated rings. The van der Waals surface area contributed by atoms with Crippen molar-refractivity contribution in [3.63, 3.8) is 0 Å². The fraction of sp³-hybridized carbons (Fsp3) is 0.222. The number of nitrogens with zero attached hydrogens (tertiary/aromatic N) is 1. The Hall–Kier alpha value is -3.93. The number of carbonyl (C=O) groups excluding carboxylic acids is 1. The predicted molar refractivity (Wildman–Crippen MR) is 127 cm³/mol. The highest BCUT2D eigenvalue weighted by Crippen LogP contribution is 2.46. The van der Waals surface area contributed by atoms with E-state index >= 15 is 0 Å². The van der Waals surface area contributed by atoms with E-state index in [0.717, 1.165) is 34.3 Å². The van der Waals surface area contributed by atoms with E-state index in [1.54, 1.807) is 7.11 Å². The predicted octanol–water partition coefficient (Wildman–Crippen LogP) is 4.94. The minimum Gasteiger partial charge on any atom is -0.493 e. The van der Waals surface area contributed by atoms with Gasteiger partial charge in [-0.3, -0.25) is 4.79 Å². The van der Waals surface area contributed by atoms with Gasteiger partial charge in [0, 0.05) is 30.5 Å². The second kappa shape index (κ2) is 7.89. The molecule has 4 aromatic rings. The van der Waals surface area contributed by atoms with Gasteiger partial charge in [-0.2, -0.15) is 0 Å².